The molecule has 1 aliphatic carbocycles. The number of hydrogen-bond donors (Lipinski definition) is 2. The third kappa shape index (κ3) is 4.06. The predicted octanol–water partition coefficient (Wildman–Crippen LogP) is 2.05. The highest BCUT2D eigenvalue weighted by Gasteiger charge is 2.37. The van der Waals surface area contributed by atoms with Crippen molar-refractivity contribution in [3.05, 3.63) is 0 Å². The lowest BCUT2D eigenvalue weighted by Crippen LogP contribution is -2.49. The second kappa shape index (κ2) is 8.13. The van der Waals surface area contributed by atoms with Crippen molar-refractivity contribution in [1.82, 2.24) is 10.2 Å². The molecule has 5 nitrogen and oxygen atoms in total. The quantitative estimate of drug-likeness (QED) is 0.785. The van der Waals surface area contributed by atoms with Gasteiger partial charge in [-0.3, -0.25) is 9.59 Å². The number of hydrogen-bond acceptors (Lipinski definition) is 3. The summed E-state index contributed by atoms with van der Waals surface area (Å²) in [6.07, 6.45) is 8.05. The minimum Gasteiger partial charge on any atom is -0.351 e. The van der Waals surface area contributed by atoms with Crippen molar-refractivity contribution in [3.63, 3.8) is 0 Å². The highest BCUT2D eigenvalue weighted by Crippen LogP contribution is 2.28. The maximum Gasteiger partial charge on any atom is 0.227 e. The van der Waals surface area contributed by atoms with Gasteiger partial charge in [0.15, 0.2) is 0 Å². The van der Waals surface area contributed by atoms with E-state index < -0.39 is 5.41 Å². The molecule has 2 amide bonds. The number of carbonyl (C=O) groups excluding carboxylic acids is 2. The summed E-state index contributed by atoms with van der Waals surface area (Å²) >= 11 is 0. The maximum atomic E-state index is 12.6. The molecular formula is C18H33N3O2. The van der Waals surface area contributed by atoms with Crippen LogP contribution in [0.1, 0.15) is 65.2 Å². The van der Waals surface area contributed by atoms with Crippen LogP contribution in [-0.4, -0.2) is 42.4 Å². The molecule has 23 heavy (non-hydrogen) atoms. The SMILES string of the molecule is CCC(CC)(CN)C(=O)NC1CCN(C(=O)C2CCCCC2)C1. The second-order valence-electron chi connectivity index (χ2n) is 7.27. The van der Waals surface area contributed by atoms with Crippen molar-refractivity contribution in [2.75, 3.05) is 19.6 Å². The number of nitrogens with one attached hydrogen (secondary N) is 1. The number of likely N-dealkylation sites (tertiary alicyclic amines) is 1. The van der Waals surface area contributed by atoms with Gasteiger partial charge in [0.25, 0.3) is 0 Å². The van der Waals surface area contributed by atoms with E-state index in [1.54, 1.807) is 0 Å². The first kappa shape index (κ1) is 18.2. The zero-order valence-electron chi connectivity index (χ0n) is 14.8. The molecule has 1 aliphatic heterocycles. The highest BCUT2D eigenvalue weighted by atomic mass is 16.2. The van der Waals surface area contributed by atoms with Crippen molar-refractivity contribution in [2.45, 2.75) is 71.3 Å². The van der Waals surface area contributed by atoms with Gasteiger partial charge in [-0.05, 0) is 32.1 Å². The van der Waals surface area contributed by atoms with Crippen molar-refractivity contribution in [3.8, 4) is 0 Å². The van der Waals surface area contributed by atoms with Gasteiger partial charge in [-0.2, -0.15) is 0 Å². The smallest absolute Gasteiger partial charge is 0.227 e. The maximum absolute atomic E-state index is 12.6. The molecule has 132 valence electrons. The van der Waals surface area contributed by atoms with Gasteiger partial charge in [0, 0.05) is 31.6 Å². The van der Waals surface area contributed by atoms with Gasteiger partial charge in [-0.15, -0.1) is 0 Å². The van der Waals surface area contributed by atoms with Crippen LogP contribution in [0.2, 0.25) is 0 Å². The third-order valence-electron chi connectivity index (χ3n) is 6.02. The molecule has 2 fully saturated rings. The predicted molar refractivity (Wildman–Crippen MR) is 91.8 cm³/mol. The lowest BCUT2D eigenvalue weighted by Gasteiger charge is -2.30. The molecule has 1 atom stereocenters. The molecule has 0 radical (unpaired) electrons. The average Bonchev–Trinajstić information content (AvgIpc) is 3.05. The van der Waals surface area contributed by atoms with Crippen LogP contribution in [0.25, 0.3) is 0 Å². The molecule has 5 heteroatoms. The Bertz CT molecular complexity index is 406. The number of nitrogens with two attached hydrogens (primary N) is 1. The third-order valence-corrected chi connectivity index (χ3v) is 6.02. The Balaban J connectivity index is 1.87. The fourth-order valence-corrected chi connectivity index (χ4v) is 3.98. The fraction of sp³-hybridized carbons (Fsp3) is 0.889. The Labute approximate surface area is 140 Å². The average molecular weight is 323 g/mol. The van der Waals surface area contributed by atoms with Crippen LogP contribution in [0.5, 0.6) is 0 Å². The van der Waals surface area contributed by atoms with Gasteiger partial charge in [0.1, 0.15) is 0 Å². The lowest BCUT2D eigenvalue weighted by atomic mass is 9.81. The zero-order valence-corrected chi connectivity index (χ0v) is 14.8. The van der Waals surface area contributed by atoms with Crippen molar-refractivity contribution < 1.29 is 9.59 Å². The summed E-state index contributed by atoms with van der Waals surface area (Å²) in [7, 11) is 0. The van der Waals surface area contributed by atoms with Crippen LogP contribution in [0.4, 0.5) is 0 Å². The number of amides is 2. The van der Waals surface area contributed by atoms with Gasteiger partial charge in [0.2, 0.25) is 11.8 Å². The monoisotopic (exact) mass is 323 g/mol. The molecular weight excluding hydrogens is 290 g/mol. The van der Waals surface area contributed by atoms with Gasteiger partial charge in [0.05, 0.1) is 5.41 Å². The van der Waals surface area contributed by atoms with Crippen LogP contribution >= 0.6 is 0 Å². The molecule has 1 heterocycles. The topological polar surface area (TPSA) is 75.4 Å². The first-order valence-corrected chi connectivity index (χ1v) is 9.36. The summed E-state index contributed by atoms with van der Waals surface area (Å²) in [6, 6.07) is 0.0825. The lowest BCUT2D eigenvalue weighted by molar-refractivity contribution is -0.136. The Hall–Kier alpha value is -1.10. The number of rotatable bonds is 6. The van der Waals surface area contributed by atoms with Crippen LogP contribution in [0, 0.1) is 11.3 Å². The van der Waals surface area contributed by atoms with E-state index in [4.69, 9.17) is 5.73 Å². The van der Waals surface area contributed by atoms with E-state index in [1.165, 1.54) is 19.3 Å². The van der Waals surface area contributed by atoms with E-state index in [1.807, 2.05) is 18.7 Å². The van der Waals surface area contributed by atoms with Crippen LogP contribution < -0.4 is 11.1 Å². The largest absolute Gasteiger partial charge is 0.351 e. The standard InChI is InChI=1S/C18H33N3O2/c1-3-18(4-2,13-19)17(23)20-15-10-11-21(12-15)16(22)14-8-6-5-7-9-14/h14-15H,3-13,19H2,1-2H3,(H,20,23). The summed E-state index contributed by atoms with van der Waals surface area (Å²) in [4.78, 5) is 27.1. The van der Waals surface area contributed by atoms with Gasteiger partial charge >= 0.3 is 0 Å². The highest BCUT2D eigenvalue weighted by molar-refractivity contribution is 5.83. The molecule has 2 aliphatic rings. The second-order valence-corrected chi connectivity index (χ2v) is 7.27. The molecule has 1 saturated carbocycles. The molecule has 3 N–H and O–H groups in total. The minimum absolute atomic E-state index is 0.0574. The Kier molecular flexibility index (Phi) is 6.45. The molecule has 0 bridgehead atoms. The van der Waals surface area contributed by atoms with E-state index in [-0.39, 0.29) is 17.9 Å². The molecule has 0 spiro atoms. The fourth-order valence-electron chi connectivity index (χ4n) is 3.98. The number of carbonyl (C=O) groups is 2. The Morgan fingerprint density at radius 2 is 1.78 bits per heavy atom. The van der Waals surface area contributed by atoms with Crippen molar-refractivity contribution in [1.29, 1.82) is 0 Å². The van der Waals surface area contributed by atoms with Crippen molar-refractivity contribution in [2.24, 2.45) is 17.1 Å². The summed E-state index contributed by atoms with van der Waals surface area (Å²) in [6.45, 7) is 5.85. The summed E-state index contributed by atoms with van der Waals surface area (Å²) in [5, 5.41) is 3.15. The zero-order chi connectivity index (χ0) is 16.9. The first-order chi connectivity index (χ1) is 11.1. The Morgan fingerprint density at radius 3 is 2.35 bits per heavy atom. The molecule has 1 saturated heterocycles. The Morgan fingerprint density at radius 1 is 1.13 bits per heavy atom. The first-order valence-electron chi connectivity index (χ1n) is 9.36. The normalized spacial score (nSPS) is 23.1. The summed E-state index contributed by atoms with van der Waals surface area (Å²) in [5.74, 6) is 0.576. The van der Waals surface area contributed by atoms with E-state index in [0.717, 1.165) is 38.6 Å². The van der Waals surface area contributed by atoms with Crippen LogP contribution in [0.15, 0.2) is 0 Å². The minimum atomic E-state index is -0.458. The van der Waals surface area contributed by atoms with Gasteiger partial charge < -0.3 is 16.0 Å². The summed E-state index contributed by atoms with van der Waals surface area (Å²) in [5.41, 5.74) is 5.39. The molecule has 1 unspecified atom stereocenters. The summed E-state index contributed by atoms with van der Waals surface area (Å²) < 4.78 is 0. The van der Waals surface area contributed by atoms with Crippen LogP contribution in [0.3, 0.4) is 0 Å². The van der Waals surface area contributed by atoms with E-state index in [9.17, 15) is 9.59 Å². The van der Waals surface area contributed by atoms with Crippen LogP contribution in [-0.2, 0) is 9.59 Å². The van der Waals surface area contributed by atoms with E-state index >= 15 is 0 Å². The van der Waals surface area contributed by atoms with E-state index in [2.05, 4.69) is 5.32 Å². The van der Waals surface area contributed by atoms with Gasteiger partial charge in [-0.1, -0.05) is 33.1 Å². The van der Waals surface area contributed by atoms with Crippen molar-refractivity contribution >= 4 is 11.8 Å². The molecule has 0 aromatic rings. The van der Waals surface area contributed by atoms with Gasteiger partial charge in [-0.25, -0.2) is 0 Å². The molecule has 0 aromatic heterocycles. The van der Waals surface area contributed by atoms with E-state index in [0.29, 0.717) is 19.0 Å². The number of nitrogens with zero attached hydrogens (tertiary/aromatic N) is 1. The molecule has 0 aromatic carbocycles. The molecule has 2 rings (SSSR count).